The van der Waals surface area contributed by atoms with E-state index in [2.05, 4.69) is 9.97 Å². The molecule has 0 spiro atoms. The Morgan fingerprint density at radius 2 is 2.22 bits per heavy atom. The number of aliphatic hydroxyl groups excluding tert-OH is 2. The van der Waals surface area contributed by atoms with Crippen LogP contribution < -0.4 is 11.3 Å². The number of H-pyrrole nitrogens is 1. The van der Waals surface area contributed by atoms with Crippen molar-refractivity contribution in [2.24, 2.45) is 0 Å². The Bertz CT molecular complexity index is 587. The van der Waals surface area contributed by atoms with Crippen molar-refractivity contribution >= 4 is 17.0 Å². The lowest BCUT2D eigenvalue weighted by molar-refractivity contribution is -0.0486. The summed E-state index contributed by atoms with van der Waals surface area (Å²) in [5, 5.41) is 18.1. The second-order valence-corrected chi connectivity index (χ2v) is 3.76. The Balaban J connectivity index is 2.27. The van der Waals surface area contributed by atoms with Crippen LogP contribution in [0.2, 0.25) is 0 Å². The van der Waals surface area contributed by atoms with Crippen molar-refractivity contribution in [2.45, 2.75) is 12.8 Å². The zero-order valence-electron chi connectivity index (χ0n) is 9.54. The Kier molecular flexibility index (Phi) is 3.60. The predicted molar refractivity (Wildman–Crippen MR) is 63.8 cm³/mol. The van der Waals surface area contributed by atoms with Gasteiger partial charge in [-0.25, -0.2) is 0 Å². The zero-order chi connectivity index (χ0) is 13.1. The summed E-state index contributed by atoms with van der Waals surface area (Å²) < 4.78 is 6.81. The first-order valence-electron chi connectivity index (χ1n) is 5.33. The molecule has 2 rings (SSSR count). The number of aromatic nitrogens is 3. The summed E-state index contributed by atoms with van der Waals surface area (Å²) in [6.45, 7) is -0.511. The van der Waals surface area contributed by atoms with Gasteiger partial charge in [0.2, 0.25) is 5.95 Å². The fraction of sp³-hybridized carbons (Fsp3) is 0.400. The standard InChI is InChI=1S/C10H14N4O4/c11-10-12-8-7(9(17)13-10)1-2-14(8)5-18-6(3-15)4-16/h1-2,6,15-16H,3-5H2,(H3,11,12,13,17). The molecule has 0 saturated carbocycles. The molecule has 98 valence electrons. The Morgan fingerprint density at radius 1 is 1.50 bits per heavy atom. The van der Waals surface area contributed by atoms with Crippen LogP contribution in [-0.4, -0.2) is 44.1 Å². The first-order valence-corrected chi connectivity index (χ1v) is 5.33. The van der Waals surface area contributed by atoms with Gasteiger partial charge in [0.1, 0.15) is 12.8 Å². The Labute approximate surface area is 102 Å². The molecule has 0 aliphatic heterocycles. The molecule has 5 N–H and O–H groups in total. The van der Waals surface area contributed by atoms with Crippen molar-refractivity contribution in [3.05, 3.63) is 22.6 Å². The maximum Gasteiger partial charge on any atom is 0.261 e. The van der Waals surface area contributed by atoms with Crippen LogP contribution in [-0.2, 0) is 11.5 Å². The summed E-state index contributed by atoms with van der Waals surface area (Å²) in [6.07, 6.45) is 0.958. The highest BCUT2D eigenvalue weighted by molar-refractivity contribution is 5.75. The second kappa shape index (κ2) is 5.17. The number of rotatable bonds is 5. The van der Waals surface area contributed by atoms with Gasteiger partial charge in [0.15, 0.2) is 5.65 Å². The maximum absolute atomic E-state index is 11.6. The normalized spacial score (nSPS) is 11.5. The van der Waals surface area contributed by atoms with Crippen LogP contribution in [0, 0.1) is 0 Å². The molecule has 0 aromatic carbocycles. The largest absolute Gasteiger partial charge is 0.394 e. The molecule has 0 unspecified atom stereocenters. The Hall–Kier alpha value is -1.90. The Morgan fingerprint density at radius 3 is 2.89 bits per heavy atom. The number of hydrogen-bond donors (Lipinski definition) is 4. The molecule has 0 atom stereocenters. The number of ether oxygens (including phenoxy) is 1. The third kappa shape index (κ3) is 2.35. The lowest BCUT2D eigenvalue weighted by Gasteiger charge is -2.13. The topological polar surface area (TPSA) is 126 Å². The molecule has 0 aliphatic carbocycles. The number of anilines is 1. The van der Waals surface area contributed by atoms with E-state index in [0.29, 0.717) is 11.0 Å². The number of fused-ring (bicyclic) bond motifs is 1. The van der Waals surface area contributed by atoms with E-state index in [1.165, 1.54) is 0 Å². The van der Waals surface area contributed by atoms with E-state index in [-0.39, 0.29) is 31.5 Å². The van der Waals surface area contributed by atoms with Gasteiger partial charge in [0.05, 0.1) is 18.6 Å². The van der Waals surface area contributed by atoms with Crippen molar-refractivity contribution in [1.82, 2.24) is 14.5 Å². The number of nitrogens with two attached hydrogens (primary N) is 1. The second-order valence-electron chi connectivity index (χ2n) is 3.76. The lowest BCUT2D eigenvalue weighted by atomic mass is 10.4. The molecule has 2 heterocycles. The van der Waals surface area contributed by atoms with Crippen molar-refractivity contribution in [2.75, 3.05) is 18.9 Å². The number of nitrogens with one attached hydrogen (secondary N) is 1. The number of nitrogens with zero attached hydrogens (tertiary/aromatic N) is 2. The average Bonchev–Trinajstić information content (AvgIpc) is 2.74. The van der Waals surface area contributed by atoms with Gasteiger partial charge < -0.3 is 25.3 Å². The monoisotopic (exact) mass is 254 g/mol. The van der Waals surface area contributed by atoms with Crippen LogP contribution in [0.1, 0.15) is 0 Å². The van der Waals surface area contributed by atoms with Crippen molar-refractivity contribution in [3.63, 3.8) is 0 Å². The third-order valence-electron chi connectivity index (χ3n) is 2.50. The number of aromatic amines is 1. The SMILES string of the molecule is Nc1nc2c(ccn2COC(CO)CO)c(=O)[nH]1. The van der Waals surface area contributed by atoms with Crippen LogP contribution in [0.3, 0.4) is 0 Å². The van der Waals surface area contributed by atoms with Crippen molar-refractivity contribution in [1.29, 1.82) is 0 Å². The van der Waals surface area contributed by atoms with Crippen molar-refractivity contribution < 1.29 is 14.9 Å². The lowest BCUT2D eigenvalue weighted by Crippen LogP contribution is -2.23. The van der Waals surface area contributed by atoms with Crippen LogP contribution in [0.5, 0.6) is 0 Å². The molecule has 2 aromatic heterocycles. The minimum atomic E-state index is -0.665. The summed E-state index contributed by atoms with van der Waals surface area (Å²) in [5.41, 5.74) is 5.53. The summed E-state index contributed by atoms with van der Waals surface area (Å²) in [6, 6.07) is 1.59. The molecule has 0 radical (unpaired) electrons. The van der Waals surface area contributed by atoms with Gasteiger partial charge in [-0.1, -0.05) is 0 Å². The van der Waals surface area contributed by atoms with Gasteiger partial charge in [-0.2, -0.15) is 4.98 Å². The van der Waals surface area contributed by atoms with E-state index in [9.17, 15) is 4.79 Å². The summed E-state index contributed by atoms with van der Waals surface area (Å²) in [7, 11) is 0. The molecule has 8 nitrogen and oxygen atoms in total. The molecule has 18 heavy (non-hydrogen) atoms. The van der Waals surface area contributed by atoms with Crippen LogP contribution in [0.25, 0.3) is 11.0 Å². The molecule has 8 heteroatoms. The first kappa shape index (κ1) is 12.6. The fourth-order valence-corrected chi connectivity index (χ4v) is 1.54. The van der Waals surface area contributed by atoms with E-state index in [4.69, 9.17) is 20.7 Å². The van der Waals surface area contributed by atoms with Gasteiger partial charge in [0.25, 0.3) is 5.56 Å². The van der Waals surface area contributed by atoms with Gasteiger partial charge in [-0.05, 0) is 6.07 Å². The molecule has 0 saturated heterocycles. The molecular formula is C10H14N4O4. The third-order valence-corrected chi connectivity index (χ3v) is 2.50. The minimum absolute atomic E-state index is 0.0216. The van der Waals surface area contributed by atoms with Crippen LogP contribution in [0.15, 0.2) is 17.1 Å². The quantitative estimate of drug-likeness (QED) is 0.521. The molecule has 0 fully saturated rings. The molecular weight excluding hydrogens is 240 g/mol. The van der Waals surface area contributed by atoms with Gasteiger partial charge in [0, 0.05) is 6.20 Å². The van der Waals surface area contributed by atoms with E-state index in [1.54, 1.807) is 16.8 Å². The number of aliphatic hydroxyl groups is 2. The maximum atomic E-state index is 11.6. The van der Waals surface area contributed by atoms with Crippen LogP contribution in [0.4, 0.5) is 5.95 Å². The number of hydrogen-bond acceptors (Lipinski definition) is 6. The fourth-order valence-electron chi connectivity index (χ4n) is 1.54. The van der Waals surface area contributed by atoms with Gasteiger partial charge in [-0.3, -0.25) is 9.78 Å². The van der Waals surface area contributed by atoms with E-state index >= 15 is 0 Å². The summed E-state index contributed by atoms with van der Waals surface area (Å²) in [4.78, 5) is 18.0. The highest BCUT2D eigenvalue weighted by atomic mass is 16.5. The zero-order valence-corrected chi connectivity index (χ0v) is 9.54. The summed E-state index contributed by atoms with van der Waals surface area (Å²) in [5.74, 6) is 0.0216. The number of nitrogen functional groups attached to an aromatic ring is 1. The highest BCUT2D eigenvalue weighted by Crippen LogP contribution is 2.10. The highest BCUT2D eigenvalue weighted by Gasteiger charge is 2.10. The van der Waals surface area contributed by atoms with Crippen molar-refractivity contribution in [3.8, 4) is 0 Å². The van der Waals surface area contributed by atoms with E-state index < -0.39 is 6.10 Å². The van der Waals surface area contributed by atoms with E-state index in [1.807, 2.05) is 0 Å². The molecule has 0 bridgehead atoms. The first-order chi connectivity index (χ1) is 8.65. The van der Waals surface area contributed by atoms with Crippen LogP contribution >= 0.6 is 0 Å². The minimum Gasteiger partial charge on any atom is -0.394 e. The molecule has 0 aliphatic rings. The summed E-state index contributed by atoms with van der Waals surface area (Å²) >= 11 is 0. The molecule has 2 aromatic rings. The average molecular weight is 254 g/mol. The van der Waals surface area contributed by atoms with E-state index in [0.717, 1.165) is 0 Å². The van der Waals surface area contributed by atoms with Gasteiger partial charge in [-0.15, -0.1) is 0 Å². The molecule has 0 amide bonds. The smallest absolute Gasteiger partial charge is 0.261 e. The predicted octanol–water partition coefficient (Wildman–Crippen LogP) is -1.37. The van der Waals surface area contributed by atoms with Gasteiger partial charge >= 0.3 is 0 Å².